The molecule has 1 aromatic heterocycles. The Labute approximate surface area is 114 Å². The molecule has 0 bridgehead atoms. The lowest BCUT2D eigenvalue weighted by Gasteiger charge is -2.05. The number of ether oxygens (including phenoxy) is 1. The second-order valence-electron chi connectivity index (χ2n) is 3.95. The Bertz CT molecular complexity index is 752. The van der Waals surface area contributed by atoms with Gasteiger partial charge < -0.3 is 9.72 Å². The second kappa shape index (κ2) is 4.74. The van der Waals surface area contributed by atoms with Crippen molar-refractivity contribution >= 4 is 28.6 Å². The van der Waals surface area contributed by atoms with E-state index >= 15 is 0 Å². The van der Waals surface area contributed by atoms with E-state index in [9.17, 15) is 4.79 Å². The third-order valence-electron chi connectivity index (χ3n) is 2.70. The minimum absolute atomic E-state index is 0.342. The van der Waals surface area contributed by atoms with E-state index in [1.165, 1.54) is 0 Å². The van der Waals surface area contributed by atoms with Gasteiger partial charge in [-0.1, -0.05) is 23.7 Å². The number of nitrogens with one attached hydrogen (secondary N) is 1. The number of fused-ring (bicyclic) bond motifs is 1. The van der Waals surface area contributed by atoms with Crippen molar-refractivity contribution in [3.63, 3.8) is 0 Å². The number of carbonyl (C=O) groups is 1. The fourth-order valence-corrected chi connectivity index (χ4v) is 1.98. The Kier molecular flexibility index (Phi) is 2.93. The molecular formula is C14H9ClN2O2. The number of aromatic nitrogens is 2. The van der Waals surface area contributed by atoms with E-state index in [-0.39, 0.29) is 0 Å². The van der Waals surface area contributed by atoms with E-state index in [4.69, 9.17) is 16.3 Å². The molecule has 4 nitrogen and oxygen atoms in total. The maximum absolute atomic E-state index is 12.0. The predicted molar refractivity (Wildman–Crippen MR) is 72.5 cm³/mol. The number of nitrogens with zero attached hydrogens (tertiary/aromatic N) is 1. The van der Waals surface area contributed by atoms with Crippen LogP contribution < -0.4 is 4.74 Å². The van der Waals surface area contributed by atoms with Crippen LogP contribution >= 0.6 is 11.6 Å². The molecule has 0 spiro atoms. The standard InChI is InChI=1S/C14H9ClN2O2/c15-11-4-2-1-3-10(11)14(18)19-9-5-6-12-13(7-9)17-8-16-12/h1-8H,(H,16,17). The topological polar surface area (TPSA) is 55.0 Å². The van der Waals surface area contributed by atoms with Gasteiger partial charge in [0.05, 0.1) is 27.9 Å². The predicted octanol–water partition coefficient (Wildman–Crippen LogP) is 3.44. The SMILES string of the molecule is O=C(Oc1ccc2nc[nH]c2c1)c1ccccc1Cl. The van der Waals surface area contributed by atoms with Crippen molar-refractivity contribution in [2.75, 3.05) is 0 Å². The summed E-state index contributed by atoms with van der Waals surface area (Å²) < 4.78 is 5.29. The summed E-state index contributed by atoms with van der Waals surface area (Å²) in [6.45, 7) is 0. The van der Waals surface area contributed by atoms with Crippen molar-refractivity contribution in [2.45, 2.75) is 0 Å². The number of H-pyrrole nitrogens is 1. The monoisotopic (exact) mass is 272 g/mol. The van der Waals surface area contributed by atoms with Gasteiger partial charge in [-0.3, -0.25) is 0 Å². The summed E-state index contributed by atoms with van der Waals surface area (Å²) in [5.41, 5.74) is 1.97. The summed E-state index contributed by atoms with van der Waals surface area (Å²) in [6, 6.07) is 12.0. The molecule has 2 aromatic carbocycles. The van der Waals surface area contributed by atoms with Crippen LogP contribution in [0.3, 0.4) is 0 Å². The number of esters is 1. The number of imidazole rings is 1. The number of hydrogen-bond acceptors (Lipinski definition) is 3. The molecule has 0 saturated carbocycles. The summed E-state index contributed by atoms with van der Waals surface area (Å²) in [6.07, 6.45) is 1.59. The molecular weight excluding hydrogens is 264 g/mol. The van der Waals surface area contributed by atoms with Crippen molar-refractivity contribution in [1.29, 1.82) is 0 Å². The number of carbonyl (C=O) groups excluding carboxylic acids is 1. The van der Waals surface area contributed by atoms with Gasteiger partial charge in [0.1, 0.15) is 5.75 Å². The molecule has 19 heavy (non-hydrogen) atoms. The van der Waals surface area contributed by atoms with Crippen LogP contribution in [0, 0.1) is 0 Å². The zero-order valence-corrected chi connectivity index (χ0v) is 10.5. The van der Waals surface area contributed by atoms with E-state index in [1.807, 2.05) is 0 Å². The molecule has 0 aliphatic carbocycles. The lowest BCUT2D eigenvalue weighted by atomic mass is 10.2. The van der Waals surface area contributed by atoms with Crippen LogP contribution in [-0.2, 0) is 0 Å². The van der Waals surface area contributed by atoms with Crippen LogP contribution in [-0.4, -0.2) is 15.9 Å². The lowest BCUT2D eigenvalue weighted by molar-refractivity contribution is 0.0735. The van der Waals surface area contributed by atoms with E-state index in [1.54, 1.807) is 48.8 Å². The first-order chi connectivity index (χ1) is 9.24. The summed E-state index contributed by atoms with van der Waals surface area (Å²) in [4.78, 5) is 19.0. The molecule has 0 atom stereocenters. The fourth-order valence-electron chi connectivity index (χ4n) is 1.77. The fraction of sp³-hybridized carbons (Fsp3) is 0. The van der Waals surface area contributed by atoms with Crippen LogP contribution in [0.2, 0.25) is 5.02 Å². The molecule has 0 radical (unpaired) electrons. The molecule has 1 N–H and O–H groups in total. The van der Waals surface area contributed by atoms with Crippen LogP contribution in [0.15, 0.2) is 48.8 Å². The molecule has 0 fully saturated rings. The molecule has 0 aliphatic heterocycles. The zero-order valence-electron chi connectivity index (χ0n) is 9.76. The maximum Gasteiger partial charge on any atom is 0.345 e. The molecule has 0 unspecified atom stereocenters. The van der Waals surface area contributed by atoms with E-state index in [2.05, 4.69) is 9.97 Å². The van der Waals surface area contributed by atoms with Crippen molar-refractivity contribution in [1.82, 2.24) is 9.97 Å². The van der Waals surface area contributed by atoms with Crippen LogP contribution in [0.1, 0.15) is 10.4 Å². The Balaban J connectivity index is 1.88. The lowest BCUT2D eigenvalue weighted by Crippen LogP contribution is -2.08. The van der Waals surface area contributed by atoms with Crippen LogP contribution in [0.25, 0.3) is 11.0 Å². The third-order valence-corrected chi connectivity index (χ3v) is 3.03. The summed E-state index contributed by atoms with van der Waals surface area (Å²) in [5.74, 6) is -0.0360. The Hall–Kier alpha value is -2.33. The Morgan fingerprint density at radius 1 is 1.21 bits per heavy atom. The number of rotatable bonds is 2. The van der Waals surface area contributed by atoms with Gasteiger partial charge >= 0.3 is 5.97 Å². The van der Waals surface area contributed by atoms with Gasteiger partial charge in [-0.25, -0.2) is 9.78 Å². The highest BCUT2D eigenvalue weighted by Gasteiger charge is 2.12. The summed E-state index contributed by atoms with van der Waals surface area (Å²) >= 11 is 5.95. The second-order valence-corrected chi connectivity index (χ2v) is 4.36. The van der Waals surface area contributed by atoms with Crippen molar-refractivity contribution in [2.24, 2.45) is 0 Å². The summed E-state index contributed by atoms with van der Waals surface area (Å²) in [7, 11) is 0. The number of halogens is 1. The number of benzene rings is 2. The van der Waals surface area contributed by atoms with E-state index in [0.29, 0.717) is 16.3 Å². The molecule has 3 rings (SSSR count). The quantitative estimate of drug-likeness (QED) is 0.574. The average molecular weight is 273 g/mol. The van der Waals surface area contributed by atoms with Gasteiger partial charge in [0, 0.05) is 6.07 Å². The third kappa shape index (κ3) is 2.30. The number of hydrogen-bond donors (Lipinski definition) is 1. The van der Waals surface area contributed by atoms with E-state index < -0.39 is 5.97 Å². The molecule has 0 aliphatic rings. The van der Waals surface area contributed by atoms with Gasteiger partial charge in [0.25, 0.3) is 0 Å². The maximum atomic E-state index is 12.0. The minimum atomic E-state index is -0.482. The highest BCUT2D eigenvalue weighted by Crippen LogP contribution is 2.21. The average Bonchev–Trinajstić information content (AvgIpc) is 2.86. The van der Waals surface area contributed by atoms with Crippen molar-refractivity contribution < 1.29 is 9.53 Å². The molecule has 0 saturated heterocycles. The van der Waals surface area contributed by atoms with Gasteiger partial charge in [-0.05, 0) is 24.3 Å². The summed E-state index contributed by atoms with van der Waals surface area (Å²) in [5, 5.41) is 0.370. The molecule has 0 amide bonds. The Morgan fingerprint density at radius 2 is 2.05 bits per heavy atom. The van der Waals surface area contributed by atoms with Gasteiger partial charge in [-0.2, -0.15) is 0 Å². The van der Waals surface area contributed by atoms with Gasteiger partial charge in [-0.15, -0.1) is 0 Å². The highest BCUT2D eigenvalue weighted by molar-refractivity contribution is 6.33. The van der Waals surface area contributed by atoms with Gasteiger partial charge in [0.15, 0.2) is 0 Å². The molecule has 3 aromatic rings. The molecule has 5 heteroatoms. The van der Waals surface area contributed by atoms with Crippen molar-refractivity contribution in [3.05, 3.63) is 59.4 Å². The zero-order chi connectivity index (χ0) is 13.2. The van der Waals surface area contributed by atoms with Crippen LogP contribution in [0.5, 0.6) is 5.75 Å². The molecule has 1 heterocycles. The minimum Gasteiger partial charge on any atom is -0.423 e. The largest absolute Gasteiger partial charge is 0.423 e. The normalized spacial score (nSPS) is 10.6. The smallest absolute Gasteiger partial charge is 0.345 e. The first kappa shape index (κ1) is 11.7. The first-order valence-corrected chi connectivity index (χ1v) is 6.02. The van der Waals surface area contributed by atoms with Gasteiger partial charge in [0.2, 0.25) is 0 Å². The Morgan fingerprint density at radius 3 is 2.89 bits per heavy atom. The highest BCUT2D eigenvalue weighted by atomic mass is 35.5. The first-order valence-electron chi connectivity index (χ1n) is 5.64. The molecule has 94 valence electrons. The number of aromatic amines is 1. The van der Waals surface area contributed by atoms with Crippen LogP contribution in [0.4, 0.5) is 0 Å². The van der Waals surface area contributed by atoms with Crippen molar-refractivity contribution in [3.8, 4) is 5.75 Å². The van der Waals surface area contributed by atoms with E-state index in [0.717, 1.165) is 11.0 Å².